The van der Waals surface area contributed by atoms with Crippen molar-refractivity contribution in [3.63, 3.8) is 0 Å². The van der Waals surface area contributed by atoms with Crippen molar-refractivity contribution < 1.29 is 38.1 Å². The van der Waals surface area contributed by atoms with Crippen LogP contribution in [0, 0.1) is 22.7 Å². The van der Waals surface area contributed by atoms with E-state index in [2.05, 4.69) is 25.2 Å². The minimum absolute atomic E-state index is 0.0312. The summed E-state index contributed by atoms with van der Waals surface area (Å²) in [6.07, 6.45) is -0.141. The smallest absolute Gasteiger partial charge is 0.325 e. The van der Waals surface area contributed by atoms with Crippen molar-refractivity contribution in [3.8, 4) is 0 Å². The number of hydrogen-bond donors (Lipinski definition) is 0. The van der Waals surface area contributed by atoms with Gasteiger partial charge in [-0.25, -0.2) is 0 Å². The number of hydrogen-bond acceptors (Lipinski definition) is 8. The van der Waals surface area contributed by atoms with Crippen LogP contribution in [0.25, 0.3) is 0 Å². The Balaban J connectivity index is 2.70. The Morgan fingerprint density at radius 3 is 1.53 bits per heavy atom. The first-order valence-corrected chi connectivity index (χ1v) is 17.1. The molecule has 0 N–H and O–H groups in total. The molecule has 0 aliphatic heterocycles. The first-order valence-electron chi connectivity index (χ1n) is 13.7. The number of ether oxygens (including phenoxy) is 4. The zero-order chi connectivity index (χ0) is 28.6. The largest absolute Gasteiger partial charge is 0.465 e. The Kier molecular flexibility index (Phi) is 11.1. The molecule has 0 bridgehead atoms. The summed E-state index contributed by atoms with van der Waals surface area (Å²) in [5, 5.41) is 0. The lowest BCUT2D eigenvalue weighted by Gasteiger charge is -2.51. The molecule has 1 aromatic rings. The molecule has 0 spiro atoms. The standard InChI is InChI=1S/C29H44O8Si/c1-8-34-24(30)28(25(31)35-9-2)17-21(5)23(20-38(6,7)19-22-15-13-12-14-16-22)18-29(28,26(32)36-10-3)27(33)37-11-4/h12-16,21,23H,8-11,17-20H2,1-7H3/t21-,23+/m0/s1. The van der Waals surface area contributed by atoms with Crippen LogP contribution in [0.5, 0.6) is 0 Å². The van der Waals surface area contributed by atoms with Crippen molar-refractivity contribution in [2.45, 2.75) is 72.6 Å². The quantitative estimate of drug-likeness (QED) is 0.160. The molecule has 1 saturated carbocycles. The van der Waals surface area contributed by atoms with Crippen molar-refractivity contribution in [1.29, 1.82) is 0 Å². The fraction of sp³-hybridized carbons (Fsp3) is 0.655. The van der Waals surface area contributed by atoms with Crippen LogP contribution < -0.4 is 0 Å². The highest BCUT2D eigenvalue weighted by molar-refractivity contribution is 6.76. The summed E-state index contributed by atoms with van der Waals surface area (Å²) in [6.45, 7) is 12.9. The van der Waals surface area contributed by atoms with Crippen molar-refractivity contribution >= 4 is 32.0 Å². The molecule has 1 aliphatic rings. The lowest BCUT2D eigenvalue weighted by atomic mass is 9.51. The van der Waals surface area contributed by atoms with Gasteiger partial charge in [0.15, 0.2) is 10.8 Å². The highest BCUT2D eigenvalue weighted by Gasteiger charge is 2.75. The molecular formula is C29H44O8Si. The zero-order valence-corrected chi connectivity index (χ0v) is 25.0. The van der Waals surface area contributed by atoms with E-state index in [1.165, 1.54) is 5.56 Å². The molecule has 8 nitrogen and oxygen atoms in total. The summed E-state index contributed by atoms with van der Waals surface area (Å²) >= 11 is 0. The fourth-order valence-electron chi connectivity index (χ4n) is 6.01. The zero-order valence-electron chi connectivity index (χ0n) is 24.0. The van der Waals surface area contributed by atoms with Gasteiger partial charge in [-0.2, -0.15) is 0 Å². The van der Waals surface area contributed by atoms with E-state index >= 15 is 0 Å². The molecule has 1 fully saturated rings. The van der Waals surface area contributed by atoms with Crippen molar-refractivity contribution in [2.75, 3.05) is 26.4 Å². The van der Waals surface area contributed by atoms with Crippen LogP contribution in [-0.2, 0) is 44.2 Å². The van der Waals surface area contributed by atoms with Gasteiger partial charge in [-0.05, 0) is 58.4 Å². The molecule has 38 heavy (non-hydrogen) atoms. The Morgan fingerprint density at radius 2 is 1.13 bits per heavy atom. The molecule has 2 atom stereocenters. The lowest BCUT2D eigenvalue weighted by molar-refractivity contribution is -0.213. The molecule has 0 aromatic heterocycles. The van der Waals surface area contributed by atoms with Crippen molar-refractivity contribution in [2.24, 2.45) is 22.7 Å². The van der Waals surface area contributed by atoms with Gasteiger partial charge < -0.3 is 18.9 Å². The third kappa shape index (κ3) is 6.30. The minimum atomic E-state index is -2.22. The van der Waals surface area contributed by atoms with E-state index in [4.69, 9.17) is 18.9 Å². The second kappa shape index (κ2) is 13.4. The topological polar surface area (TPSA) is 105 Å². The van der Waals surface area contributed by atoms with E-state index in [1.54, 1.807) is 27.7 Å². The summed E-state index contributed by atoms with van der Waals surface area (Å²) < 4.78 is 21.6. The Morgan fingerprint density at radius 1 is 0.737 bits per heavy atom. The number of carbonyl (C=O) groups is 4. The van der Waals surface area contributed by atoms with Crippen LogP contribution in [0.4, 0.5) is 0 Å². The second-order valence-corrected chi connectivity index (χ2v) is 16.0. The van der Waals surface area contributed by atoms with E-state index in [-0.39, 0.29) is 51.1 Å². The lowest BCUT2D eigenvalue weighted by Crippen LogP contribution is -2.66. The predicted molar refractivity (Wildman–Crippen MR) is 146 cm³/mol. The number of rotatable bonds is 12. The predicted octanol–water partition coefficient (Wildman–Crippen LogP) is 4.75. The molecule has 1 aromatic carbocycles. The third-order valence-electron chi connectivity index (χ3n) is 7.57. The van der Waals surface area contributed by atoms with Gasteiger partial charge in [0.2, 0.25) is 0 Å². The van der Waals surface area contributed by atoms with Crippen LogP contribution in [0.3, 0.4) is 0 Å². The van der Waals surface area contributed by atoms with Gasteiger partial charge in [0, 0.05) is 0 Å². The molecular weight excluding hydrogens is 504 g/mol. The SMILES string of the molecule is CCOC(=O)C1(C(=O)OCC)C[C@H](C[Si](C)(C)Cc2ccccc2)[C@@H](C)CC1(C(=O)OCC)C(=O)OCC. The maximum absolute atomic E-state index is 13.9. The molecule has 0 saturated heterocycles. The summed E-state index contributed by atoms with van der Waals surface area (Å²) in [7, 11) is -1.91. The number of esters is 4. The third-order valence-corrected chi connectivity index (χ3v) is 10.6. The van der Waals surface area contributed by atoms with E-state index in [0.29, 0.717) is 0 Å². The molecule has 212 valence electrons. The van der Waals surface area contributed by atoms with Crippen LogP contribution in [0.2, 0.25) is 19.1 Å². The summed E-state index contributed by atoms with van der Waals surface area (Å²) in [6, 6.07) is 11.9. The average Bonchev–Trinajstić information content (AvgIpc) is 2.85. The number of carbonyl (C=O) groups excluding carboxylic acids is 4. The summed E-state index contributed by atoms with van der Waals surface area (Å²) in [5.41, 5.74) is -3.19. The van der Waals surface area contributed by atoms with Gasteiger partial charge in [0.25, 0.3) is 0 Å². The molecule has 9 heteroatoms. The Bertz CT molecular complexity index is 938. The average molecular weight is 549 g/mol. The van der Waals surface area contributed by atoms with Gasteiger partial charge in [0.1, 0.15) is 0 Å². The van der Waals surface area contributed by atoms with Crippen molar-refractivity contribution in [1.82, 2.24) is 0 Å². The summed E-state index contributed by atoms with van der Waals surface area (Å²) in [4.78, 5) is 55.1. The molecule has 1 aliphatic carbocycles. The van der Waals surface area contributed by atoms with E-state index in [9.17, 15) is 19.2 Å². The van der Waals surface area contributed by atoms with Crippen LogP contribution in [-0.4, -0.2) is 58.4 Å². The molecule has 0 amide bonds. The summed E-state index contributed by atoms with van der Waals surface area (Å²) in [5.74, 6) is -4.11. The molecule has 0 heterocycles. The highest BCUT2D eigenvalue weighted by atomic mass is 28.3. The maximum atomic E-state index is 13.9. The Labute approximate surface area is 227 Å². The number of benzene rings is 1. The van der Waals surface area contributed by atoms with Gasteiger partial charge in [-0.15, -0.1) is 0 Å². The molecule has 0 unspecified atom stereocenters. The highest BCUT2D eigenvalue weighted by Crippen LogP contribution is 2.59. The van der Waals surface area contributed by atoms with E-state index in [0.717, 1.165) is 12.1 Å². The Hall–Kier alpha value is -2.68. The van der Waals surface area contributed by atoms with Gasteiger partial charge >= 0.3 is 23.9 Å². The maximum Gasteiger partial charge on any atom is 0.325 e. The van der Waals surface area contributed by atoms with Crippen LogP contribution in [0.15, 0.2) is 30.3 Å². The van der Waals surface area contributed by atoms with Gasteiger partial charge in [0.05, 0.1) is 34.5 Å². The monoisotopic (exact) mass is 548 g/mol. The first-order chi connectivity index (χ1) is 17.9. The van der Waals surface area contributed by atoms with Crippen LogP contribution in [0.1, 0.15) is 53.0 Å². The van der Waals surface area contributed by atoms with Gasteiger partial charge in [-0.3, -0.25) is 19.2 Å². The second-order valence-electron chi connectivity index (χ2n) is 10.9. The first kappa shape index (κ1) is 31.5. The van der Waals surface area contributed by atoms with Crippen LogP contribution >= 0.6 is 0 Å². The molecule has 0 radical (unpaired) electrons. The van der Waals surface area contributed by atoms with E-state index in [1.807, 2.05) is 25.1 Å². The molecule has 2 rings (SSSR count). The van der Waals surface area contributed by atoms with Crippen molar-refractivity contribution in [3.05, 3.63) is 35.9 Å². The van der Waals surface area contributed by atoms with E-state index < -0.39 is 42.8 Å². The minimum Gasteiger partial charge on any atom is -0.465 e. The van der Waals surface area contributed by atoms with Gasteiger partial charge in [-0.1, -0.05) is 62.0 Å². The normalized spacial score (nSPS) is 20.2. The fourth-order valence-corrected chi connectivity index (χ4v) is 9.46.